The summed E-state index contributed by atoms with van der Waals surface area (Å²) in [6.45, 7) is 0.512. The SMILES string of the molecule is CNC(=O)COC(=O)c1ccc2c(c1)NC(=O)[C@H]1CCCN21. The van der Waals surface area contributed by atoms with Crippen molar-refractivity contribution in [2.75, 3.05) is 30.4 Å². The third-order valence-electron chi connectivity index (χ3n) is 3.97. The van der Waals surface area contributed by atoms with Gasteiger partial charge in [-0.05, 0) is 31.0 Å². The molecule has 2 aliphatic rings. The van der Waals surface area contributed by atoms with E-state index in [9.17, 15) is 14.4 Å². The van der Waals surface area contributed by atoms with Gasteiger partial charge in [0.05, 0.1) is 16.9 Å². The predicted octanol–water partition coefficient (Wildman–Crippen LogP) is 0.510. The van der Waals surface area contributed by atoms with Crippen molar-refractivity contribution in [1.82, 2.24) is 5.32 Å². The second-order valence-corrected chi connectivity index (χ2v) is 5.32. The van der Waals surface area contributed by atoms with Crippen LogP contribution in [0.2, 0.25) is 0 Å². The summed E-state index contributed by atoms with van der Waals surface area (Å²) in [7, 11) is 1.47. The van der Waals surface area contributed by atoms with Gasteiger partial charge >= 0.3 is 5.97 Å². The zero-order valence-corrected chi connectivity index (χ0v) is 12.2. The standard InChI is InChI=1S/C15H17N3O4/c1-16-13(19)8-22-15(21)9-4-5-11-10(7-9)17-14(20)12-3-2-6-18(11)12/h4-5,7,12H,2-3,6,8H2,1H3,(H,16,19)(H,17,20)/t12-/m1/s1. The third-order valence-corrected chi connectivity index (χ3v) is 3.97. The van der Waals surface area contributed by atoms with Crippen LogP contribution in [0.5, 0.6) is 0 Å². The zero-order valence-electron chi connectivity index (χ0n) is 12.2. The van der Waals surface area contributed by atoms with Gasteiger partial charge in [-0.1, -0.05) is 0 Å². The number of fused-ring (bicyclic) bond motifs is 3. The van der Waals surface area contributed by atoms with E-state index in [1.165, 1.54) is 7.05 Å². The van der Waals surface area contributed by atoms with Gasteiger partial charge in [0.15, 0.2) is 6.61 Å². The Labute approximate surface area is 127 Å². The molecule has 0 radical (unpaired) electrons. The van der Waals surface area contributed by atoms with Crippen molar-refractivity contribution in [2.45, 2.75) is 18.9 Å². The summed E-state index contributed by atoms with van der Waals surface area (Å²) in [5, 5.41) is 5.21. The number of benzene rings is 1. The maximum absolute atomic E-state index is 12.1. The summed E-state index contributed by atoms with van der Waals surface area (Å²) in [5.41, 5.74) is 1.84. The fraction of sp³-hybridized carbons (Fsp3) is 0.400. The van der Waals surface area contributed by atoms with Gasteiger partial charge in [-0.25, -0.2) is 4.79 Å². The summed E-state index contributed by atoms with van der Waals surface area (Å²) >= 11 is 0. The number of hydrogen-bond acceptors (Lipinski definition) is 5. The van der Waals surface area contributed by atoms with Crippen LogP contribution in [0.25, 0.3) is 0 Å². The lowest BCUT2D eigenvalue weighted by Gasteiger charge is -2.33. The van der Waals surface area contributed by atoms with Crippen molar-refractivity contribution in [1.29, 1.82) is 0 Å². The van der Waals surface area contributed by atoms with E-state index in [2.05, 4.69) is 15.5 Å². The van der Waals surface area contributed by atoms with Crippen molar-refractivity contribution < 1.29 is 19.1 Å². The third kappa shape index (κ3) is 2.49. The van der Waals surface area contributed by atoms with Gasteiger partial charge < -0.3 is 20.3 Å². The molecule has 116 valence electrons. The smallest absolute Gasteiger partial charge is 0.338 e. The molecular weight excluding hydrogens is 286 g/mol. The largest absolute Gasteiger partial charge is 0.452 e. The summed E-state index contributed by atoms with van der Waals surface area (Å²) in [4.78, 5) is 37.1. The summed E-state index contributed by atoms with van der Waals surface area (Å²) in [5.74, 6) is -1.01. The number of esters is 1. The monoisotopic (exact) mass is 303 g/mol. The second-order valence-electron chi connectivity index (χ2n) is 5.32. The molecule has 1 fully saturated rings. The first-order valence-electron chi connectivity index (χ1n) is 7.19. The van der Waals surface area contributed by atoms with Crippen LogP contribution in [0.15, 0.2) is 18.2 Å². The highest BCUT2D eigenvalue weighted by molar-refractivity contribution is 6.05. The van der Waals surface area contributed by atoms with Gasteiger partial charge in [0, 0.05) is 13.6 Å². The fourth-order valence-electron chi connectivity index (χ4n) is 2.84. The van der Waals surface area contributed by atoms with Crippen LogP contribution in [0.4, 0.5) is 11.4 Å². The summed E-state index contributed by atoms with van der Waals surface area (Å²) in [6, 6.07) is 4.94. The van der Waals surface area contributed by atoms with E-state index < -0.39 is 5.97 Å². The molecule has 2 aliphatic heterocycles. The molecule has 0 saturated carbocycles. The minimum Gasteiger partial charge on any atom is -0.452 e. The van der Waals surface area contributed by atoms with E-state index in [1.54, 1.807) is 12.1 Å². The molecule has 7 heteroatoms. The number of rotatable bonds is 3. The molecule has 22 heavy (non-hydrogen) atoms. The van der Waals surface area contributed by atoms with Gasteiger partial charge in [0.25, 0.3) is 5.91 Å². The summed E-state index contributed by atoms with van der Waals surface area (Å²) < 4.78 is 4.91. The number of carbonyl (C=O) groups excluding carboxylic acids is 3. The van der Waals surface area contributed by atoms with E-state index in [-0.39, 0.29) is 24.5 Å². The Morgan fingerprint density at radius 3 is 3.05 bits per heavy atom. The Hall–Kier alpha value is -2.57. The molecule has 2 amide bonds. The fourth-order valence-corrected chi connectivity index (χ4v) is 2.84. The van der Waals surface area contributed by atoms with Crippen LogP contribution in [0.1, 0.15) is 23.2 Å². The molecule has 1 saturated heterocycles. The Bertz CT molecular complexity index is 644. The van der Waals surface area contributed by atoms with Crippen LogP contribution < -0.4 is 15.5 Å². The molecule has 2 N–H and O–H groups in total. The first kappa shape index (κ1) is 14.4. The number of ether oxygens (including phenoxy) is 1. The first-order chi connectivity index (χ1) is 10.6. The number of likely N-dealkylation sites (N-methyl/N-ethyl adjacent to an activating group) is 1. The average molecular weight is 303 g/mol. The maximum atomic E-state index is 12.1. The lowest BCUT2D eigenvalue weighted by molar-refractivity contribution is -0.123. The highest BCUT2D eigenvalue weighted by atomic mass is 16.5. The first-order valence-corrected chi connectivity index (χ1v) is 7.19. The molecule has 1 aromatic carbocycles. The quantitative estimate of drug-likeness (QED) is 0.794. The van der Waals surface area contributed by atoms with E-state index in [0.29, 0.717) is 11.3 Å². The van der Waals surface area contributed by atoms with E-state index >= 15 is 0 Å². The molecule has 1 atom stereocenters. The normalized spacial score (nSPS) is 19.0. The van der Waals surface area contributed by atoms with Crippen LogP contribution >= 0.6 is 0 Å². The molecule has 0 unspecified atom stereocenters. The van der Waals surface area contributed by atoms with E-state index in [1.807, 2.05) is 6.07 Å². The molecule has 0 spiro atoms. The van der Waals surface area contributed by atoms with Gasteiger partial charge in [-0.3, -0.25) is 9.59 Å². The molecule has 0 aliphatic carbocycles. The van der Waals surface area contributed by atoms with Crippen molar-refractivity contribution >= 4 is 29.2 Å². The summed E-state index contributed by atoms with van der Waals surface area (Å²) in [6.07, 6.45) is 1.83. The minimum absolute atomic E-state index is 0.0409. The Balaban J connectivity index is 1.79. The molecule has 2 heterocycles. The van der Waals surface area contributed by atoms with E-state index in [0.717, 1.165) is 25.1 Å². The van der Waals surface area contributed by atoms with Crippen molar-refractivity contribution in [3.8, 4) is 0 Å². The lowest BCUT2D eigenvalue weighted by Crippen LogP contribution is -2.43. The number of amides is 2. The zero-order chi connectivity index (χ0) is 15.7. The minimum atomic E-state index is -0.593. The Morgan fingerprint density at radius 1 is 1.45 bits per heavy atom. The molecule has 0 aromatic heterocycles. The van der Waals surface area contributed by atoms with Crippen LogP contribution in [0, 0.1) is 0 Å². The lowest BCUT2D eigenvalue weighted by atomic mass is 10.1. The maximum Gasteiger partial charge on any atom is 0.338 e. The van der Waals surface area contributed by atoms with Crippen LogP contribution in [0.3, 0.4) is 0 Å². The highest BCUT2D eigenvalue weighted by Gasteiger charge is 2.36. The molecule has 3 rings (SSSR count). The Morgan fingerprint density at radius 2 is 2.27 bits per heavy atom. The molecule has 0 bridgehead atoms. The van der Waals surface area contributed by atoms with Gasteiger partial charge in [0.1, 0.15) is 6.04 Å². The van der Waals surface area contributed by atoms with Gasteiger partial charge in [0.2, 0.25) is 5.91 Å². The van der Waals surface area contributed by atoms with Crippen molar-refractivity contribution in [2.24, 2.45) is 0 Å². The number of anilines is 2. The van der Waals surface area contributed by atoms with Crippen LogP contribution in [-0.4, -0.2) is 44.0 Å². The van der Waals surface area contributed by atoms with Crippen molar-refractivity contribution in [3.63, 3.8) is 0 Å². The number of nitrogens with zero attached hydrogens (tertiary/aromatic N) is 1. The van der Waals surface area contributed by atoms with Gasteiger partial charge in [-0.2, -0.15) is 0 Å². The number of hydrogen-bond donors (Lipinski definition) is 2. The average Bonchev–Trinajstić information content (AvgIpc) is 3.02. The van der Waals surface area contributed by atoms with Gasteiger partial charge in [-0.15, -0.1) is 0 Å². The predicted molar refractivity (Wildman–Crippen MR) is 79.8 cm³/mol. The van der Waals surface area contributed by atoms with E-state index in [4.69, 9.17) is 4.74 Å². The molecule has 1 aromatic rings. The Kier molecular flexibility index (Phi) is 3.70. The van der Waals surface area contributed by atoms with Crippen LogP contribution in [-0.2, 0) is 14.3 Å². The highest BCUT2D eigenvalue weighted by Crippen LogP contribution is 2.37. The molecule has 7 nitrogen and oxygen atoms in total. The number of nitrogens with one attached hydrogen (secondary N) is 2. The molecular formula is C15H17N3O4. The topological polar surface area (TPSA) is 87.7 Å². The van der Waals surface area contributed by atoms with Crippen molar-refractivity contribution in [3.05, 3.63) is 23.8 Å². The second kappa shape index (κ2) is 5.67. The number of carbonyl (C=O) groups is 3.